The number of hydrogen-bond donors (Lipinski definition) is 1. The van der Waals surface area contributed by atoms with Crippen LogP contribution in [0.1, 0.15) is 38.5 Å². The smallest absolute Gasteiger partial charge is 0.249 e. The van der Waals surface area contributed by atoms with E-state index in [0.717, 1.165) is 32.4 Å². The summed E-state index contributed by atoms with van der Waals surface area (Å²) < 4.78 is 6.09. The van der Waals surface area contributed by atoms with Crippen molar-refractivity contribution in [2.75, 3.05) is 39.3 Å². The highest BCUT2D eigenvalue weighted by molar-refractivity contribution is 5.81. The van der Waals surface area contributed by atoms with Crippen molar-refractivity contribution in [1.29, 1.82) is 0 Å². The quantitative estimate of drug-likeness (QED) is 0.817. The molecule has 124 valence electrons. The molecule has 3 heterocycles. The van der Waals surface area contributed by atoms with E-state index in [0.29, 0.717) is 12.0 Å². The first kappa shape index (κ1) is 14.9. The number of ether oxygens (including phenoxy) is 1. The Labute approximate surface area is 133 Å². The summed E-state index contributed by atoms with van der Waals surface area (Å²) in [4.78, 5) is 17.3. The molecule has 0 spiro atoms. The first-order valence-corrected chi connectivity index (χ1v) is 9.18. The van der Waals surface area contributed by atoms with Gasteiger partial charge in [0.2, 0.25) is 5.91 Å². The van der Waals surface area contributed by atoms with Crippen molar-refractivity contribution >= 4 is 5.91 Å². The van der Waals surface area contributed by atoms with Crippen molar-refractivity contribution in [3.63, 3.8) is 0 Å². The second-order valence-electron chi connectivity index (χ2n) is 7.58. The minimum Gasteiger partial charge on any atom is -0.364 e. The molecule has 5 heteroatoms. The minimum absolute atomic E-state index is 0.139. The number of piperidine rings is 1. The van der Waals surface area contributed by atoms with Gasteiger partial charge in [-0.25, -0.2) is 0 Å². The van der Waals surface area contributed by atoms with Gasteiger partial charge in [-0.3, -0.25) is 9.69 Å². The summed E-state index contributed by atoms with van der Waals surface area (Å²) >= 11 is 0. The Bertz CT molecular complexity index is 407. The fourth-order valence-electron chi connectivity index (χ4n) is 4.18. The Kier molecular flexibility index (Phi) is 4.38. The number of rotatable bonds is 5. The summed E-state index contributed by atoms with van der Waals surface area (Å²) in [6, 6.07) is 0.440. The summed E-state index contributed by atoms with van der Waals surface area (Å²) in [5.41, 5.74) is 0. The van der Waals surface area contributed by atoms with Crippen molar-refractivity contribution in [3.05, 3.63) is 0 Å². The van der Waals surface area contributed by atoms with Gasteiger partial charge in [0.1, 0.15) is 6.10 Å². The number of nitrogens with zero attached hydrogens (tertiary/aromatic N) is 2. The fourth-order valence-corrected chi connectivity index (χ4v) is 4.18. The highest BCUT2D eigenvalue weighted by atomic mass is 16.5. The third kappa shape index (κ3) is 3.47. The highest BCUT2D eigenvalue weighted by Gasteiger charge is 2.42. The standard InChI is InChI=1S/C17H29N3O2/c21-17(18-14-3-4-14)15-11-13-5-8-20(12-16(13)22-15)10-9-19-6-1-2-7-19/h13-16H,1-12H2,(H,18,21)/t13-,15+,16+/m0/s1. The van der Waals surface area contributed by atoms with E-state index < -0.39 is 0 Å². The first-order chi connectivity index (χ1) is 10.8. The molecule has 1 N–H and O–H groups in total. The average Bonchev–Trinajstić information content (AvgIpc) is 3.04. The topological polar surface area (TPSA) is 44.8 Å². The number of fused-ring (bicyclic) bond motifs is 1. The maximum atomic E-state index is 12.2. The molecule has 0 bridgehead atoms. The molecule has 1 saturated carbocycles. The van der Waals surface area contributed by atoms with Crippen molar-refractivity contribution in [1.82, 2.24) is 15.1 Å². The zero-order valence-electron chi connectivity index (χ0n) is 13.5. The lowest BCUT2D eigenvalue weighted by molar-refractivity contribution is -0.133. The SMILES string of the molecule is O=C(NC1CC1)[C@H]1C[C@@H]2CCN(CCN3CCCC3)C[C@H]2O1. The van der Waals surface area contributed by atoms with E-state index in [1.165, 1.54) is 45.4 Å². The molecule has 4 fully saturated rings. The summed E-state index contributed by atoms with van der Waals surface area (Å²) in [6.45, 7) is 7.11. The predicted molar refractivity (Wildman–Crippen MR) is 84.7 cm³/mol. The van der Waals surface area contributed by atoms with Crippen LogP contribution in [0.5, 0.6) is 0 Å². The number of likely N-dealkylation sites (tertiary alicyclic amines) is 2. The van der Waals surface area contributed by atoms with E-state index >= 15 is 0 Å². The largest absolute Gasteiger partial charge is 0.364 e. The lowest BCUT2D eigenvalue weighted by atomic mass is 9.91. The van der Waals surface area contributed by atoms with E-state index in [9.17, 15) is 4.79 Å². The molecule has 4 rings (SSSR count). The maximum Gasteiger partial charge on any atom is 0.249 e. The minimum atomic E-state index is -0.186. The van der Waals surface area contributed by atoms with Gasteiger partial charge < -0.3 is 15.0 Å². The van der Waals surface area contributed by atoms with Crippen LogP contribution in [0.25, 0.3) is 0 Å². The van der Waals surface area contributed by atoms with Crippen molar-refractivity contribution in [3.8, 4) is 0 Å². The van der Waals surface area contributed by atoms with Crippen molar-refractivity contribution in [2.45, 2.75) is 56.8 Å². The first-order valence-electron chi connectivity index (χ1n) is 9.18. The van der Waals surface area contributed by atoms with Crippen LogP contribution in [0.4, 0.5) is 0 Å². The van der Waals surface area contributed by atoms with Crippen LogP contribution >= 0.6 is 0 Å². The third-order valence-electron chi connectivity index (χ3n) is 5.78. The zero-order valence-corrected chi connectivity index (χ0v) is 13.5. The van der Waals surface area contributed by atoms with E-state index in [4.69, 9.17) is 4.74 Å². The molecule has 0 aromatic heterocycles. The van der Waals surface area contributed by atoms with Crippen LogP contribution in [0, 0.1) is 5.92 Å². The van der Waals surface area contributed by atoms with Crippen molar-refractivity contribution in [2.24, 2.45) is 5.92 Å². The summed E-state index contributed by atoms with van der Waals surface area (Å²) in [7, 11) is 0. The molecule has 3 aliphatic heterocycles. The Hall–Kier alpha value is -0.650. The van der Waals surface area contributed by atoms with Gasteiger partial charge in [0.15, 0.2) is 0 Å². The van der Waals surface area contributed by atoms with Gasteiger partial charge in [-0.1, -0.05) is 0 Å². The van der Waals surface area contributed by atoms with E-state index in [1.54, 1.807) is 0 Å². The number of carbonyl (C=O) groups is 1. The third-order valence-corrected chi connectivity index (χ3v) is 5.78. The Morgan fingerprint density at radius 3 is 2.59 bits per heavy atom. The summed E-state index contributed by atoms with van der Waals surface area (Å²) in [5.74, 6) is 0.735. The van der Waals surface area contributed by atoms with Crippen LogP contribution in [-0.2, 0) is 9.53 Å². The van der Waals surface area contributed by atoms with Crippen LogP contribution in [-0.4, -0.2) is 73.2 Å². The normalized spacial score (nSPS) is 36.5. The molecule has 0 radical (unpaired) electrons. The molecular weight excluding hydrogens is 278 g/mol. The predicted octanol–water partition coefficient (Wildman–Crippen LogP) is 0.840. The van der Waals surface area contributed by atoms with E-state index in [2.05, 4.69) is 15.1 Å². The monoisotopic (exact) mass is 307 g/mol. The van der Waals surface area contributed by atoms with E-state index in [-0.39, 0.29) is 18.1 Å². The maximum absolute atomic E-state index is 12.2. The second kappa shape index (κ2) is 6.46. The van der Waals surface area contributed by atoms with Gasteiger partial charge in [0.25, 0.3) is 0 Å². The lowest BCUT2D eigenvalue weighted by Gasteiger charge is -2.34. The Morgan fingerprint density at radius 1 is 1.05 bits per heavy atom. The molecule has 4 aliphatic rings. The second-order valence-corrected chi connectivity index (χ2v) is 7.58. The van der Waals surface area contributed by atoms with E-state index in [1.807, 2.05) is 0 Å². The number of amides is 1. The summed E-state index contributed by atoms with van der Waals surface area (Å²) in [6.07, 6.45) is 7.25. The van der Waals surface area contributed by atoms with Gasteiger partial charge >= 0.3 is 0 Å². The Balaban J connectivity index is 1.23. The molecule has 5 nitrogen and oxygen atoms in total. The van der Waals surface area contributed by atoms with Gasteiger partial charge in [-0.15, -0.1) is 0 Å². The molecule has 1 amide bonds. The molecule has 0 unspecified atom stereocenters. The van der Waals surface area contributed by atoms with Gasteiger partial charge in [-0.05, 0) is 64.1 Å². The van der Waals surface area contributed by atoms with Crippen LogP contribution in [0.3, 0.4) is 0 Å². The molecule has 3 saturated heterocycles. The molecule has 22 heavy (non-hydrogen) atoms. The lowest BCUT2D eigenvalue weighted by Crippen LogP contribution is -2.45. The van der Waals surface area contributed by atoms with Crippen LogP contribution in [0.15, 0.2) is 0 Å². The number of hydrogen-bond acceptors (Lipinski definition) is 4. The van der Waals surface area contributed by atoms with Crippen LogP contribution < -0.4 is 5.32 Å². The molecule has 1 aliphatic carbocycles. The average molecular weight is 307 g/mol. The van der Waals surface area contributed by atoms with Gasteiger partial charge in [-0.2, -0.15) is 0 Å². The fraction of sp³-hybridized carbons (Fsp3) is 0.941. The molecule has 0 aromatic carbocycles. The Morgan fingerprint density at radius 2 is 1.82 bits per heavy atom. The molecule has 0 aromatic rings. The highest BCUT2D eigenvalue weighted by Crippen LogP contribution is 2.33. The zero-order chi connectivity index (χ0) is 14.9. The van der Waals surface area contributed by atoms with Crippen molar-refractivity contribution < 1.29 is 9.53 Å². The number of carbonyl (C=O) groups excluding carboxylic acids is 1. The number of nitrogens with one attached hydrogen (secondary N) is 1. The van der Waals surface area contributed by atoms with Gasteiger partial charge in [0, 0.05) is 25.7 Å². The molecular formula is C17H29N3O2. The summed E-state index contributed by atoms with van der Waals surface area (Å²) in [5, 5.41) is 3.09. The molecule has 3 atom stereocenters. The van der Waals surface area contributed by atoms with Crippen LogP contribution in [0.2, 0.25) is 0 Å². The van der Waals surface area contributed by atoms with Gasteiger partial charge in [0.05, 0.1) is 6.10 Å².